The van der Waals surface area contributed by atoms with Gasteiger partial charge in [-0.1, -0.05) is 6.08 Å². The monoisotopic (exact) mass is 231 g/mol. The maximum absolute atomic E-state index is 12.1. The third-order valence-electron chi connectivity index (χ3n) is 2.09. The number of Topliss-reactive ketones (excluding diaryl/α,β-unsaturated/α-hetero) is 1. The number of halogens is 3. The summed E-state index contributed by atoms with van der Waals surface area (Å²) < 4.78 is 37.8. The fraction of sp³-hybridized carbons (Fsp3) is 0.364. The molecular weight excluding hydrogens is 219 g/mol. The van der Waals surface area contributed by atoms with E-state index in [0.717, 1.165) is 12.8 Å². The van der Waals surface area contributed by atoms with Gasteiger partial charge in [0.15, 0.2) is 0 Å². The molecule has 0 aromatic carbocycles. The van der Waals surface area contributed by atoms with Crippen LogP contribution in [-0.2, 0) is 6.54 Å². The molecular formula is C11H12F3NO. The molecule has 1 aromatic rings. The summed E-state index contributed by atoms with van der Waals surface area (Å²) in [5, 5.41) is 0. The first kappa shape index (κ1) is 12.5. The molecule has 0 N–H and O–H groups in total. The molecule has 0 radical (unpaired) electrons. The van der Waals surface area contributed by atoms with Crippen molar-refractivity contribution in [3.8, 4) is 0 Å². The van der Waals surface area contributed by atoms with Crippen molar-refractivity contribution >= 4 is 5.78 Å². The van der Waals surface area contributed by atoms with Gasteiger partial charge in [-0.3, -0.25) is 4.79 Å². The number of allylic oxidation sites excluding steroid dienone is 1. The van der Waals surface area contributed by atoms with Crippen LogP contribution >= 0.6 is 0 Å². The van der Waals surface area contributed by atoms with Crippen LogP contribution in [0, 0.1) is 0 Å². The highest BCUT2D eigenvalue weighted by Crippen LogP contribution is 2.21. The van der Waals surface area contributed by atoms with Crippen molar-refractivity contribution in [3.05, 3.63) is 36.7 Å². The van der Waals surface area contributed by atoms with Crippen molar-refractivity contribution in [1.29, 1.82) is 0 Å². The van der Waals surface area contributed by atoms with Crippen molar-refractivity contribution in [2.45, 2.75) is 25.6 Å². The number of carbonyl (C=O) groups excluding carboxylic acids is 1. The molecule has 1 aromatic heterocycles. The first-order valence-electron chi connectivity index (χ1n) is 4.83. The maximum atomic E-state index is 12.1. The summed E-state index contributed by atoms with van der Waals surface area (Å²) in [4.78, 5) is 10.9. The topological polar surface area (TPSA) is 22.0 Å². The number of rotatable bonds is 5. The molecule has 1 heterocycles. The molecule has 0 aliphatic rings. The second kappa shape index (κ2) is 5.01. The van der Waals surface area contributed by atoms with Crippen LogP contribution in [0.1, 0.15) is 23.2 Å². The Labute approximate surface area is 91.4 Å². The molecule has 1 rings (SSSR count). The molecule has 0 spiro atoms. The van der Waals surface area contributed by atoms with Gasteiger partial charge in [-0.25, -0.2) is 0 Å². The lowest BCUT2D eigenvalue weighted by atomic mass is 10.2. The quantitative estimate of drug-likeness (QED) is 0.433. The van der Waals surface area contributed by atoms with Gasteiger partial charge in [0.25, 0.3) is 5.78 Å². The number of nitrogens with zero attached hydrogens (tertiary/aromatic N) is 1. The highest BCUT2D eigenvalue weighted by molar-refractivity contribution is 6.00. The Morgan fingerprint density at radius 1 is 1.50 bits per heavy atom. The molecule has 0 bridgehead atoms. The zero-order chi connectivity index (χ0) is 12.2. The molecule has 0 fully saturated rings. The van der Waals surface area contributed by atoms with Crippen molar-refractivity contribution < 1.29 is 18.0 Å². The van der Waals surface area contributed by atoms with Crippen LogP contribution in [-0.4, -0.2) is 16.5 Å². The zero-order valence-electron chi connectivity index (χ0n) is 8.63. The van der Waals surface area contributed by atoms with Crippen LogP contribution in [0.4, 0.5) is 13.2 Å². The van der Waals surface area contributed by atoms with E-state index >= 15 is 0 Å². The van der Waals surface area contributed by atoms with Crippen molar-refractivity contribution in [2.24, 2.45) is 0 Å². The molecule has 2 nitrogen and oxygen atoms in total. The van der Waals surface area contributed by atoms with E-state index in [0.29, 0.717) is 6.54 Å². The highest BCUT2D eigenvalue weighted by atomic mass is 19.4. The van der Waals surface area contributed by atoms with E-state index in [1.807, 2.05) is 0 Å². The summed E-state index contributed by atoms with van der Waals surface area (Å²) in [5.74, 6) is -1.80. The molecule has 0 saturated heterocycles. The fourth-order valence-electron chi connectivity index (χ4n) is 1.30. The molecule has 88 valence electrons. The van der Waals surface area contributed by atoms with E-state index in [9.17, 15) is 18.0 Å². The SMILES string of the molecule is C=CCCCn1ccc(C(=O)C(F)(F)F)c1. The Bertz CT molecular complexity index is 379. The van der Waals surface area contributed by atoms with Crippen molar-refractivity contribution in [2.75, 3.05) is 0 Å². The predicted molar refractivity (Wildman–Crippen MR) is 54.2 cm³/mol. The Morgan fingerprint density at radius 3 is 2.75 bits per heavy atom. The maximum Gasteiger partial charge on any atom is 0.454 e. The summed E-state index contributed by atoms with van der Waals surface area (Å²) in [6.45, 7) is 4.13. The summed E-state index contributed by atoms with van der Waals surface area (Å²) in [5.41, 5.74) is -0.314. The largest absolute Gasteiger partial charge is 0.454 e. The second-order valence-corrected chi connectivity index (χ2v) is 3.40. The van der Waals surface area contributed by atoms with Gasteiger partial charge in [0.05, 0.1) is 0 Å². The minimum Gasteiger partial charge on any atom is -0.353 e. The number of carbonyl (C=O) groups is 1. The van der Waals surface area contributed by atoms with Crippen LogP contribution in [0.2, 0.25) is 0 Å². The third kappa shape index (κ3) is 3.25. The fourth-order valence-corrected chi connectivity index (χ4v) is 1.30. The highest BCUT2D eigenvalue weighted by Gasteiger charge is 2.39. The lowest BCUT2D eigenvalue weighted by molar-refractivity contribution is -0.0885. The number of unbranched alkanes of at least 4 members (excludes halogenated alkanes) is 1. The molecule has 0 aliphatic carbocycles. The van der Waals surface area contributed by atoms with E-state index in [1.165, 1.54) is 18.5 Å². The van der Waals surface area contributed by atoms with Crippen LogP contribution in [0.25, 0.3) is 0 Å². The number of aryl methyl sites for hydroxylation is 1. The average molecular weight is 231 g/mol. The number of hydrogen-bond acceptors (Lipinski definition) is 1. The van der Waals surface area contributed by atoms with Gasteiger partial charge in [-0.15, -0.1) is 6.58 Å². The van der Waals surface area contributed by atoms with Crippen molar-refractivity contribution in [3.63, 3.8) is 0 Å². The van der Waals surface area contributed by atoms with Crippen LogP contribution in [0.15, 0.2) is 31.1 Å². The minimum atomic E-state index is -4.80. The van der Waals surface area contributed by atoms with Gasteiger partial charge in [-0.2, -0.15) is 13.2 Å². The molecule has 16 heavy (non-hydrogen) atoms. The molecule has 0 saturated carbocycles. The predicted octanol–water partition coefficient (Wildman–Crippen LogP) is 3.20. The molecule has 0 amide bonds. The van der Waals surface area contributed by atoms with Gasteiger partial charge in [0.2, 0.25) is 0 Å². The first-order chi connectivity index (χ1) is 7.45. The van der Waals surface area contributed by atoms with E-state index in [-0.39, 0.29) is 5.56 Å². The molecule has 0 unspecified atom stereocenters. The van der Waals surface area contributed by atoms with E-state index in [4.69, 9.17) is 0 Å². The standard InChI is InChI=1S/C11H12F3NO/c1-2-3-4-6-15-7-5-9(8-15)10(16)11(12,13)14/h2,5,7-8H,1,3-4,6H2. The van der Waals surface area contributed by atoms with Crippen molar-refractivity contribution in [1.82, 2.24) is 4.57 Å². The Kier molecular flexibility index (Phi) is 3.93. The summed E-state index contributed by atoms with van der Waals surface area (Å²) >= 11 is 0. The lowest BCUT2D eigenvalue weighted by Gasteiger charge is -2.02. The van der Waals surface area contributed by atoms with Crippen LogP contribution in [0.3, 0.4) is 0 Å². The Morgan fingerprint density at radius 2 is 2.19 bits per heavy atom. The average Bonchev–Trinajstić information content (AvgIpc) is 2.64. The van der Waals surface area contributed by atoms with E-state index < -0.39 is 12.0 Å². The normalized spacial score (nSPS) is 11.4. The van der Waals surface area contributed by atoms with Gasteiger partial charge in [0, 0.05) is 24.5 Å². The van der Waals surface area contributed by atoms with Gasteiger partial charge < -0.3 is 4.57 Å². The zero-order valence-corrected chi connectivity index (χ0v) is 8.63. The van der Waals surface area contributed by atoms with Gasteiger partial charge in [0.1, 0.15) is 0 Å². The molecule has 0 aliphatic heterocycles. The lowest BCUT2D eigenvalue weighted by Crippen LogP contribution is -2.22. The number of aromatic nitrogens is 1. The summed E-state index contributed by atoms with van der Waals surface area (Å²) in [6.07, 6.45) is 1.22. The number of ketones is 1. The minimum absolute atomic E-state index is 0.314. The van der Waals surface area contributed by atoms with Crippen LogP contribution in [0.5, 0.6) is 0 Å². The molecule has 5 heteroatoms. The Hall–Kier alpha value is -1.52. The first-order valence-corrected chi connectivity index (χ1v) is 4.83. The summed E-state index contributed by atoms with van der Waals surface area (Å²) in [7, 11) is 0. The third-order valence-corrected chi connectivity index (χ3v) is 2.09. The van der Waals surface area contributed by atoms with Gasteiger partial charge >= 0.3 is 6.18 Å². The number of alkyl halides is 3. The summed E-state index contributed by atoms with van der Waals surface area (Å²) in [6, 6.07) is 1.18. The second-order valence-electron chi connectivity index (χ2n) is 3.40. The van der Waals surface area contributed by atoms with Crippen LogP contribution < -0.4 is 0 Å². The van der Waals surface area contributed by atoms with Gasteiger partial charge in [-0.05, 0) is 18.9 Å². The van der Waals surface area contributed by atoms with E-state index in [2.05, 4.69) is 6.58 Å². The van der Waals surface area contributed by atoms with E-state index in [1.54, 1.807) is 10.6 Å². The number of hydrogen-bond donors (Lipinski definition) is 0. The molecule has 0 atom stereocenters. The smallest absolute Gasteiger partial charge is 0.353 e. The Balaban J connectivity index is 2.64.